The summed E-state index contributed by atoms with van der Waals surface area (Å²) in [4.78, 5) is 4.33. The SMILES string of the molecule is CCOC(=N)c1ccc2[nH]nc(-c3ccc4cc(OCCc5ccccn5)ccc4c3)c2c1. The number of nitrogens with one attached hydrogen (secondary N) is 2. The Balaban J connectivity index is 1.38. The third kappa shape index (κ3) is 4.41. The summed E-state index contributed by atoms with van der Waals surface area (Å²) >= 11 is 0. The van der Waals surface area contributed by atoms with Crippen LogP contribution in [0, 0.1) is 5.41 Å². The van der Waals surface area contributed by atoms with Gasteiger partial charge < -0.3 is 9.47 Å². The smallest absolute Gasteiger partial charge is 0.213 e. The molecule has 5 rings (SSSR count). The van der Waals surface area contributed by atoms with Crippen molar-refractivity contribution in [1.29, 1.82) is 5.41 Å². The molecule has 2 N–H and O–H groups in total. The fourth-order valence-corrected chi connectivity index (χ4v) is 3.88. The normalized spacial score (nSPS) is 11.1. The third-order valence-electron chi connectivity index (χ3n) is 5.55. The lowest BCUT2D eigenvalue weighted by Crippen LogP contribution is -2.04. The summed E-state index contributed by atoms with van der Waals surface area (Å²) in [5, 5.41) is 18.9. The Morgan fingerprint density at radius 3 is 2.70 bits per heavy atom. The molecule has 0 aliphatic heterocycles. The van der Waals surface area contributed by atoms with Crippen molar-refractivity contribution in [1.82, 2.24) is 15.2 Å². The molecule has 0 fully saturated rings. The maximum absolute atomic E-state index is 8.09. The number of ether oxygens (including phenoxy) is 2. The summed E-state index contributed by atoms with van der Waals surface area (Å²) in [5.41, 5.74) is 4.55. The standard InChI is InChI=1S/C27H24N4O2/c1-2-32-27(28)21-9-11-25-24(17-21)26(31-30-25)20-7-6-19-16-23(10-8-18(19)15-20)33-14-12-22-5-3-4-13-29-22/h3-11,13,15-17,28H,2,12,14H2,1H3,(H,30,31). The van der Waals surface area contributed by atoms with Crippen molar-refractivity contribution in [3.63, 3.8) is 0 Å². The highest BCUT2D eigenvalue weighted by atomic mass is 16.5. The maximum Gasteiger partial charge on any atom is 0.213 e. The highest BCUT2D eigenvalue weighted by molar-refractivity contribution is 6.01. The van der Waals surface area contributed by atoms with Crippen molar-refractivity contribution in [2.24, 2.45) is 0 Å². The van der Waals surface area contributed by atoms with E-state index >= 15 is 0 Å². The minimum atomic E-state index is 0.167. The van der Waals surface area contributed by atoms with Gasteiger partial charge in [-0.15, -0.1) is 0 Å². The summed E-state index contributed by atoms with van der Waals surface area (Å²) in [5.74, 6) is 1.01. The molecule has 6 heteroatoms. The average molecular weight is 437 g/mol. The van der Waals surface area contributed by atoms with E-state index in [4.69, 9.17) is 14.9 Å². The molecule has 0 saturated heterocycles. The van der Waals surface area contributed by atoms with Crippen LogP contribution in [0.4, 0.5) is 0 Å². The molecular formula is C27H24N4O2. The zero-order valence-corrected chi connectivity index (χ0v) is 18.3. The van der Waals surface area contributed by atoms with Crippen molar-refractivity contribution >= 4 is 27.6 Å². The second kappa shape index (κ2) is 9.12. The Labute approximate surface area is 191 Å². The average Bonchev–Trinajstić information content (AvgIpc) is 3.28. The Morgan fingerprint density at radius 1 is 0.970 bits per heavy atom. The van der Waals surface area contributed by atoms with E-state index < -0.39 is 0 Å². The van der Waals surface area contributed by atoms with Crippen LogP contribution < -0.4 is 4.74 Å². The van der Waals surface area contributed by atoms with Crippen LogP contribution in [0.1, 0.15) is 18.2 Å². The van der Waals surface area contributed by atoms with Gasteiger partial charge in [0.1, 0.15) is 5.75 Å². The van der Waals surface area contributed by atoms with Crippen molar-refractivity contribution in [3.05, 3.63) is 90.3 Å². The molecular weight excluding hydrogens is 412 g/mol. The van der Waals surface area contributed by atoms with Crippen LogP contribution in [-0.2, 0) is 11.2 Å². The van der Waals surface area contributed by atoms with Crippen LogP contribution in [0.2, 0.25) is 0 Å². The number of nitrogens with zero attached hydrogens (tertiary/aromatic N) is 2. The Bertz CT molecular complexity index is 1430. The lowest BCUT2D eigenvalue weighted by molar-refractivity contribution is 0.321. The van der Waals surface area contributed by atoms with Gasteiger partial charge in [-0.25, -0.2) is 0 Å². The second-order valence-electron chi connectivity index (χ2n) is 7.74. The minimum Gasteiger partial charge on any atom is -0.493 e. The van der Waals surface area contributed by atoms with E-state index in [2.05, 4.69) is 45.5 Å². The molecule has 0 bridgehead atoms. The molecule has 0 radical (unpaired) electrons. The molecule has 0 saturated carbocycles. The van der Waals surface area contributed by atoms with Gasteiger partial charge in [-0.05, 0) is 66.2 Å². The Hall–Kier alpha value is -4.19. The van der Waals surface area contributed by atoms with Crippen LogP contribution in [0.25, 0.3) is 32.9 Å². The van der Waals surface area contributed by atoms with Crippen molar-refractivity contribution in [2.45, 2.75) is 13.3 Å². The summed E-state index contributed by atoms with van der Waals surface area (Å²) < 4.78 is 11.3. The summed E-state index contributed by atoms with van der Waals surface area (Å²) in [6, 6.07) is 24.1. The fraction of sp³-hybridized carbons (Fsp3) is 0.148. The molecule has 0 amide bonds. The number of rotatable bonds is 7. The lowest BCUT2D eigenvalue weighted by atomic mass is 10.0. The van der Waals surface area contributed by atoms with E-state index in [0.29, 0.717) is 13.2 Å². The second-order valence-corrected chi connectivity index (χ2v) is 7.74. The molecule has 2 aromatic heterocycles. The van der Waals surface area contributed by atoms with E-state index in [1.807, 2.05) is 49.4 Å². The minimum absolute atomic E-state index is 0.167. The zero-order chi connectivity index (χ0) is 22.6. The first kappa shape index (κ1) is 20.7. The predicted molar refractivity (Wildman–Crippen MR) is 131 cm³/mol. The van der Waals surface area contributed by atoms with Crippen LogP contribution >= 0.6 is 0 Å². The van der Waals surface area contributed by atoms with Gasteiger partial charge in [0.15, 0.2) is 0 Å². The molecule has 0 aliphatic carbocycles. The molecule has 0 atom stereocenters. The van der Waals surface area contributed by atoms with Gasteiger partial charge in [0.25, 0.3) is 0 Å². The largest absolute Gasteiger partial charge is 0.493 e. The van der Waals surface area contributed by atoms with Crippen LogP contribution in [-0.4, -0.2) is 34.3 Å². The van der Waals surface area contributed by atoms with Gasteiger partial charge in [-0.1, -0.05) is 24.3 Å². The topological polar surface area (TPSA) is 83.9 Å². The van der Waals surface area contributed by atoms with Crippen molar-refractivity contribution in [2.75, 3.05) is 13.2 Å². The molecule has 0 spiro atoms. The molecule has 0 aliphatic rings. The van der Waals surface area contributed by atoms with Gasteiger partial charge in [0.05, 0.1) is 24.4 Å². The number of hydrogen-bond acceptors (Lipinski definition) is 5. The molecule has 0 unspecified atom stereocenters. The molecule has 33 heavy (non-hydrogen) atoms. The van der Waals surface area contributed by atoms with E-state index in [0.717, 1.165) is 56.4 Å². The van der Waals surface area contributed by atoms with Gasteiger partial charge in [0.2, 0.25) is 5.90 Å². The van der Waals surface area contributed by atoms with Crippen LogP contribution in [0.3, 0.4) is 0 Å². The first-order valence-electron chi connectivity index (χ1n) is 11.0. The lowest BCUT2D eigenvalue weighted by Gasteiger charge is -2.08. The number of hydrogen-bond donors (Lipinski definition) is 2. The van der Waals surface area contributed by atoms with Crippen molar-refractivity contribution in [3.8, 4) is 17.0 Å². The van der Waals surface area contributed by atoms with Crippen LogP contribution in [0.15, 0.2) is 79.0 Å². The molecule has 6 nitrogen and oxygen atoms in total. The number of aromatic amines is 1. The molecule has 164 valence electrons. The fourth-order valence-electron chi connectivity index (χ4n) is 3.88. The Kier molecular flexibility index (Phi) is 5.72. The predicted octanol–water partition coefficient (Wildman–Crippen LogP) is 5.76. The highest BCUT2D eigenvalue weighted by Gasteiger charge is 2.12. The molecule has 2 heterocycles. The van der Waals surface area contributed by atoms with Gasteiger partial charge in [-0.3, -0.25) is 15.5 Å². The van der Waals surface area contributed by atoms with Gasteiger partial charge >= 0.3 is 0 Å². The van der Waals surface area contributed by atoms with Crippen LogP contribution in [0.5, 0.6) is 5.75 Å². The molecule has 3 aromatic carbocycles. The third-order valence-corrected chi connectivity index (χ3v) is 5.55. The first-order chi connectivity index (χ1) is 16.2. The van der Waals surface area contributed by atoms with E-state index in [1.165, 1.54) is 0 Å². The quantitative estimate of drug-likeness (QED) is 0.251. The summed E-state index contributed by atoms with van der Waals surface area (Å²) in [7, 11) is 0. The van der Waals surface area contributed by atoms with Gasteiger partial charge in [0, 0.05) is 34.8 Å². The monoisotopic (exact) mass is 436 g/mol. The van der Waals surface area contributed by atoms with E-state index in [9.17, 15) is 0 Å². The van der Waals surface area contributed by atoms with E-state index in [-0.39, 0.29) is 5.90 Å². The van der Waals surface area contributed by atoms with E-state index in [1.54, 1.807) is 6.20 Å². The zero-order valence-electron chi connectivity index (χ0n) is 18.3. The highest BCUT2D eigenvalue weighted by Crippen LogP contribution is 2.31. The maximum atomic E-state index is 8.09. The number of pyridine rings is 1. The number of aromatic nitrogens is 3. The summed E-state index contributed by atoms with van der Waals surface area (Å²) in [6.07, 6.45) is 2.57. The number of fused-ring (bicyclic) bond motifs is 2. The Morgan fingerprint density at radius 2 is 1.85 bits per heavy atom. The number of benzene rings is 3. The van der Waals surface area contributed by atoms with Gasteiger partial charge in [-0.2, -0.15) is 5.10 Å². The summed E-state index contributed by atoms with van der Waals surface area (Å²) in [6.45, 7) is 2.93. The first-order valence-corrected chi connectivity index (χ1v) is 11.0. The number of H-pyrrole nitrogens is 1. The molecule has 5 aromatic rings. The van der Waals surface area contributed by atoms with Crippen molar-refractivity contribution < 1.29 is 9.47 Å².